The fourth-order valence-corrected chi connectivity index (χ4v) is 3.22. The molecule has 2 rings (SSSR count). The molecule has 0 bridgehead atoms. The first-order valence-corrected chi connectivity index (χ1v) is 11.3. The zero-order chi connectivity index (χ0) is 22.5. The maximum absolute atomic E-state index is 5.95. The summed E-state index contributed by atoms with van der Waals surface area (Å²) in [6.07, 6.45) is 9.87. The van der Waals surface area contributed by atoms with Crippen LogP contribution in [0.2, 0.25) is 0 Å². The highest BCUT2D eigenvalue weighted by molar-refractivity contribution is 5.60. The molecule has 8 heteroatoms. The first-order valence-electron chi connectivity index (χ1n) is 11.3. The first-order chi connectivity index (χ1) is 14.4. The molecule has 0 spiro atoms. The number of anilines is 2. The number of unbranched alkanes of at least 4 members (excludes halogenated alkanes) is 6. The predicted octanol–water partition coefficient (Wildman–Crippen LogP) is 5.73. The lowest BCUT2D eigenvalue weighted by Gasteiger charge is -2.03. The van der Waals surface area contributed by atoms with Crippen LogP contribution in [0.25, 0.3) is 0 Å². The molecule has 0 saturated heterocycles. The van der Waals surface area contributed by atoms with Crippen molar-refractivity contribution in [1.82, 2.24) is 19.6 Å². The molecule has 170 valence electrons. The zero-order valence-corrected chi connectivity index (χ0v) is 19.9. The topological polar surface area (TPSA) is 112 Å². The van der Waals surface area contributed by atoms with Gasteiger partial charge in [-0.15, -0.1) is 0 Å². The highest BCUT2D eigenvalue weighted by atomic mass is 15.3. The van der Waals surface area contributed by atoms with E-state index in [4.69, 9.17) is 11.5 Å². The standard InChI is InChI=1S/C11H21N5.C11H21N3/c1-4-5-6-7-8-16-11(12)10(14-13-3)9(2)15-16;1-4-5-6-7-8-14-11(12)9(2)10(3)13-14/h4-8,12H2,1-3H3;4-8,12H2,1-3H3. The maximum Gasteiger partial charge on any atom is 0.150 e. The Hall–Kier alpha value is -2.38. The molecular formula is C22H42N8. The van der Waals surface area contributed by atoms with Gasteiger partial charge in [0.2, 0.25) is 0 Å². The van der Waals surface area contributed by atoms with Gasteiger partial charge in [-0.05, 0) is 33.6 Å². The Balaban J connectivity index is 0.000000303. The third-order valence-electron chi connectivity index (χ3n) is 5.26. The second-order valence-electron chi connectivity index (χ2n) is 7.78. The number of hydrogen-bond donors (Lipinski definition) is 2. The molecule has 0 aliphatic rings. The lowest BCUT2D eigenvalue weighted by Crippen LogP contribution is -2.05. The number of nitrogens with zero attached hydrogens (tertiary/aromatic N) is 6. The van der Waals surface area contributed by atoms with Crippen molar-refractivity contribution in [3.8, 4) is 0 Å². The molecule has 0 aromatic carbocycles. The van der Waals surface area contributed by atoms with E-state index >= 15 is 0 Å². The summed E-state index contributed by atoms with van der Waals surface area (Å²) in [5.74, 6) is 1.46. The van der Waals surface area contributed by atoms with Crippen molar-refractivity contribution in [3.63, 3.8) is 0 Å². The second-order valence-corrected chi connectivity index (χ2v) is 7.78. The number of aryl methyl sites for hydroxylation is 4. The van der Waals surface area contributed by atoms with E-state index in [-0.39, 0.29) is 0 Å². The molecule has 0 radical (unpaired) electrons. The van der Waals surface area contributed by atoms with Crippen LogP contribution >= 0.6 is 0 Å². The smallest absolute Gasteiger partial charge is 0.150 e. The van der Waals surface area contributed by atoms with Gasteiger partial charge in [-0.1, -0.05) is 52.4 Å². The number of aromatic nitrogens is 4. The van der Waals surface area contributed by atoms with E-state index in [0.717, 1.165) is 42.3 Å². The van der Waals surface area contributed by atoms with Crippen LogP contribution in [0.1, 0.15) is 82.2 Å². The van der Waals surface area contributed by atoms with Crippen molar-refractivity contribution < 1.29 is 0 Å². The largest absolute Gasteiger partial charge is 0.384 e. The van der Waals surface area contributed by atoms with E-state index in [2.05, 4.69) is 34.3 Å². The monoisotopic (exact) mass is 418 g/mol. The Labute approximate surface area is 182 Å². The average Bonchev–Trinajstić information content (AvgIpc) is 3.13. The molecule has 0 atom stereocenters. The fraction of sp³-hybridized carbons (Fsp3) is 0.727. The van der Waals surface area contributed by atoms with Gasteiger partial charge in [-0.2, -0.15) is 20.4 Å². The number of hydrogen-bond acceptors (Lipinski definition) is 6. The van der Waals surface area contributed by atoms with Crippen LogP contribution in [0.5, 0.6) is 0 Å². The van der Waals surface area contributed by atoms with Gasteiger partial charge >= 0.3 is 0 Å². The molecule has 0 saturated carbocycles. The van der Waals surface area contributed by atoms with Gasteiger partial charge in [-0.25, -0.2) is 9.36 Å². The zero-order valence-electron chi connectivity index (χ0n) is 19.9. The Morgan fingerprint density at radius 1 is 0.733 bits per heavy atom. The summed E-state index contributed by atoms with van der Waals surface area (Å²) < 4.78 is 3.76. The Morgan fingerprint density at radius 2 is 1.23 bits per heavy atom. The minimum Gasteiger partial charge on any atom is -0.384 e. The molecule has 0 aliphatic carbocycles. The number of nitrogen functional groups attached to an aromatic ring is 2. The van der Waals surface area contributed by atoms with E-state index in [9.17, 15) is 0 Å². The Bertz CT molecular complexity index is 773. The van der Waals surface area contributed by atoms with Gasteiger partial charge in [-0.3, -0.25) is 0 Å². The molecule has 8 nitrogen and oxygen atoms in total. The van der Waals surface area contributed by atoms with Gasteiger partial charge in [0.25, 0.3) is 0 Å². The number of azo groups is 1. The summed E-state index contributed by atoms with van der Waals surface area (Å²) in [7, 11) is 1.64. The Morgan fingerprint density at radius 3 is 1.67 bits per heavy atom. The van der Waals surface area contributed by atoms with Gasteiger partial charge < -0.3 is 11.5 Å². The van der Waals surface area contributed by atoms with E-state index in [1.54, 1.807) is 7.05 Å². The quantitative estimate of drug-likeness (QED) is 0.358. The van der Waals surface area contributed by atoms with Crippen molar-refractivity contribution in [2.45, 2.75) is 99.1 Å². The van der Waals surface area contributed by atoms with Crippen LogP contribution in [0.4, 0.5) is 17.3 Å². The molecule has 0 fully saturated rings. The molecule has 30 heavy (non-hydrogen) atoms. The van der Waals surface area contributed by atoms with Gasteiger partial charge in [0.1, 0.15) is 17.3 Å². The highest BCUT2D eigenvalue weighted by Crippen LogP contribution is 2.26. The van der Waals surface area contributed by atoms with Crippen LogP contribution in [-0.2, 0) is 13.1 Å². The number of rotatable bonds is 11. The first kappa shape index (κ1) is 25.7. The molecular weight excluding hydrogens is 376 g/mol. The van der Waals surface area contributed by atoms with Crippen molar-refractivity contribution in [2.24, 2.45) is 10.2 Å². The van der Waals surface area contributed by atoms with Crippen molar-refractivity contribution >= 4 is 17.3 Å². The molecule has 2 aromatic heterocycles. The second kappa shape index (κ2) is 13.8. The molecule has 2 aromatic rings. The SMILES string of the molecule is CCCCCCn1nc(C)c(C)c1N.CCCCCCn1nc(C)c(N=NC)c1N. The summed E-state index contributed by atoms with van der Waals surface area (Å²) >= 11 is 0. The summed E-state index contributed by atoms with van der Waals surface area (Å²) in [5.41, 5.74) is 15.6. The predicted molar refractivity (Wildman–Crippen MR) is 126 cm³/mol. The molecule has 0 aliphatic heterocycles. The number of nitrogens with two attached hydrogens (primary N) is 2. The normalized spacial score (nSPS) is 11.1. The fourth-order valence-electron chi connectivity index (χ4n) is 3.22. The van der Waals surface area contributed by atoms with Crippen LogP contribution in [0.15, 0.2) is 10.2 Å². The van der Waals surface area contributed by atoms with Crippen LogP contribution in [0.3, 0.4) is 0 Å². The van der Waals surface area contributed by atoms with Crippen molar-refractivity contribution in [2.75, 3.05) is 18.5 Å². The van der Waals surface area contributed by atoms with E-state index in [1.165, 1.54) is 44.9 Å². The van der Waals surface area contributed by atoms with Crippen LogP contribution in [-0.4, -0.2) is 26.6 Å². The highest BCUT2D eigenvalue weighted by Gasteiger charge is 2.11. The third-order valence-corrected chi connectivity index (χ3v) is 5.26. The van der Waals surface area contributed by atoms with Gasteiger partial charge in [0, 0.05) is 25.7 Å². The maximum atomic E-state index is 5.95. The lowest BCUT2D eigenvalue weighted by atomic mass is 10.2. The summed E-state index contributed by atoms with van der Waals surface area (Å²) in [6.45, 7) is 12.2. The van der Waals surface area contributed by atoms with Crippen molar-refractivity contribution in [3.05, 3.63) is 17.0 Å². The molecule has 2 heterocycles. The lowest BCUT2D eigenvalue weighted by molar-refractivity contribution is 0.544. The molecule has 0 amide bonds. The van der Waals surface area contributed by atoms with Crippen molar-refractivity contribution in [1.29, 1.82) is 0 Å². The van der Waals surface area contributed by atoms with E-state index < -0.39 is 0 Å². The minimum atomic E-state index is 0.625. The summed E-state index contributed by atoms with van der Waals surface area (Å²) in [6, 6.07) is 0. The van der Waals surface area contributed by atoms with E-state index in [1.807, 2.05) is 30.1 Å². The van der Waals surface area contributed by atoms with Crippen LogP contribution in [0, 0.1) is 20.8 Å². The van der Waals surface area contributed by atoms with Gasteiger partial charge in [0.15, 0.2) is 0 Å². The molecule has 0 unspecified atom stereocenters. The van der Waals surface area contributed by atoms with E-state index in [0.29, 0.717) is 11.5 Å². The molecule has 4 N–H and O–H groups in total. The summed E-state index contributed by atoms with van der Waals surface area (Å²) in [4.78, 5) is 0. The third kappa shape index (κ3) is 7.80. The minimum absolute atomic E-state index is 0.625. The van der Waals surface area contributed by atoms with Gasteiger partial charge in [0.05, 0.1) is 11.4 Å². The Kier molecular flexibility index (Phi) is 11.8. The van der Waals surface area contributed by atoms with Crippen LogP contribution < -0.4 is 11.5 Å². The average molecular weight is 419 g/mol. The summed E-state index contributed by atoms with van der Waals surface area (Å²) in [5, 5.41) is 16.5.